The second kappa shape index (κ2) is 11.2. The number of hydrogen-bond donors (Lipinski definition) is 1. The lowest BCUT2D eigenvalue weighted by Gasteiger charge is -2.13. The molecule has 4 aromatic rings. The van der Waals surface area contributed by atoms with Gasteiger partial charge in [-0.15, -0.1) is 11.3 Å². The lowest BCUT2D eigenvalue weighted by Crippen LogP contribution is -2.13. The summed E-state index contributed by atoms with van der Waals surface area (Å²) >= 11 is 1.14. The van der Waals surface area contributed by atoms with E-state index >= 15 is 0 Å². The Morgan fingerprint density at radius 1 is 1.17 bits per heavy atom. The van der Waals surface area contributed by atoms with Gasteiger partial charge in [0.1, 0.15) is 23.9 Å². The lowest BCUT2D eigenvalue weighted by molar-refractivity contribution is 0.403. The number of sulfonamides is 1. The number of nitrogens with one attached hydrogen (secondary N) is 1. The minimum atomic E-state index is -3.93. The van der Waals surface area contributed by atoms with Crippen molar-refractivity contribution in [3.05, 3.63) is 97.1 Å². The summed E-state index contributed by atoms with van der Waals surface area (Å²) in [7, 11) is -3.93. The zero-order valence-electron chi connectivity index (χ0n) is 18.6. The summed E-state index contributed by atoms with van der Waals surface area (Å²) in [4.78, 5) is 16.5. The molecule has 0 amide bonds. The van der Waals surface area contributed by atoms with Gasteiger partial charge in [-0.3, -0.25) is 4.72 Å². The molecule has 0 radical (unpaired) electrons. The highest BCUT2D eigenvalue weighted by atomic mass is 32.2. The van der Waals surface area contributed by atoms with E-state index in [4.69, 9.17) is 9.47 Å². The Kier molecular flexibility index (Phi) is 7.64. The smallest absolute Gasteiger partial charge is 0.263 e. The van der Waals surface area contributed by atoms with Gasteiger partial charge >= 0.3 is 0 Å². The van der Waals surface area contributed by atoms with Crippen molar-refractivity contribution >= 4 is 26.5 Å². The van der Waals surface area contributed by atoms with Crippen LogP contribution in [0.4, 0.5) is 5.13 Å². The van der Waals surface area contributed by atoms with E-state index in [-0.39, 0.29) is 21.3 Å². The van der Waals surface area contributed by atoms with Crippen LogP contribution >= 0.6 is 11.3 Å². The number of rotatable bonds is 10. The fraction of sp³-hybridized carbons (Fsp3) is 0.0417. The second-order valence-corrected chi connectivity index (χ2v) is 9.54. The summed E-state index contributed by atoms with van der Waals surface area (Å²) in [5, 5.41) is 11.6. The average Bonchev–Trinajstić information content (AvgIpc) is 3.40. The maximum atomic E-state index is 12.7. The Balaban J connectivity index is 1.65. The minimum absolute atomic E-state index is 0.0361. The summed E-state index contributed by atoms with van der Waals surface area (Å²) in [6.45, 7) is 3.49. The summed E-state index contributed by atoms with van der Waals surface area (Å²) in [6, 6.07) is 9.46. The maximum absolute atomic E-state index is 12.7. The van der Waals surface area contributed by atoms with E-state index in [1.165, 1.54) is 43.2 Å². The Labute approximate surface area is 211 Å². The maximum Gasteiger partial charge on any atom is 0.263 e. The van der Waals surface area contributed by atoms with Gasteiger partial charge in [0.2, 0.25) is 0 Å². The molecule has 0 fully saturated rings. The number of benzene rings is 1. The average molecular weight is 519 g/mol. The SMILES string of the molecule is C=CO/C=C\Cc1nc(-c2cncnc2)ccc1Oc1ccc(S(=O)(=O)Nc2nccs2)cc1C#N. The molecule has 0 spiro atoms. The fourth-order valence-corrected chi connectivity index (χ4v) is 4.82. The molecular weight excluding hydrogens is 500 g/mol. The van der Waals surface area contributed by atoms with Crippen molar-refractivity contribution in [3.8, 4) is 28.8 Å². The summed E-state index contributed by atoms with van der Waals surface area (Å²) in [5.41, 5.74) is 1.93. The Morgan fingerprint density at radius 3 is 2.69 bits per heavy atom. The Bertz CT molecular complexity index is 1530. The van der Waals surface area contributed by atoms with Gasteiger partial charge in [0.15, 0.2) is 5.13 Å². The molecule has 10 nitrogen and oxygen atoms in total. The second-order valence-electron chi connectivity index (χ2n) is 6.96. The van der Waals surface area contributed by atoms with Crippen molar-refractivity contribution in [1.82, 2.24) is 19.9 Å². The van der Waals surface area contributed by atoms with Gasteiger partial charge < -0.3 is 9.47 Å². The predicted molar refractivity (Wildman–Crippen MR) is 134 cm³/mol. The number of aromatic nitrogens is 4. The highest BCUT2D eigenvalue weighted by Crippen LogP contribution is 2.31. The number of hydrogen-bond acceptors (Lipinski definition) is 10. The van der Waals surface area contributed by atoms with Crippen LogP contribution < -0.4 is 9.46 Å². The molecule has 0 aliphatic heterocycles. The molecule has 0 aliphatic carbocycles. The molecule has 180 valence electrons. The van der Waals surface area contributed by atoms with Crippen molar-refractivity contribution in [2.24, 2.45) is 0 Å². The van der Waals surface area contributed by atoms with Crippen LogP contribution in [0.3, 0.4) is 0 Å². The molecule has 1 aromatic carbocycles. The molecular formula is C24H18N6O4S2. The van der Waals surface area contributed by atoms with Crippen molar-refractivity contribution in [2.45, 2.75) is 11.3 Å². The van der Waals surface area contributed by atoms with Crippen LogP contribution in [0.15, 0.2) is 90.7 Å². The molecule has 0 saturated heterocycles. The molecule has 1 N–H and O–H groups in total. The molecule has 0 unspecified atom stereocenters. The van der Waals surface area contributed by atoms with Crippen molar-refractivity contribution < 1.29 is 17.9 Å². The van der Waals surface area contributed by atoms with Crippen molar-refractivity contribution in [3.63, 3.8) is 0 Å². The third-order valence-electron chi connectivity index (χ3n) is 4.63. The quantitative estimate of drug-likeness (QED) is 0.296. The zero-order valence-corrected chi connectivity index (χ0v) is 20.2. The first-order valence-corrected chi connectivity index (χ1v) is 12.7. The number of allylic oxidation sites excluding steroid dienone is 1. The molecule has 0 saturated carbocycles. The van der Waals surface area contributed by atoms with E-state index < -0.39 is 10.0 Å². The summed E-state index contributed by atoms with van der Waals surface area (Å²) < 4.78 is 38.8. The monoisotopic (exact) mass is 518 g/mol. The number of thiazole rings is 1. The van der Waals surface area contributed by atoms with E-state index in [9.17, 15) is 13.7 Å². The topological polar surface area (TPSA) is 140 Å². The van der Waals surface area contributed by atoms with E-state index in [2.05, 4.69) is 31.2 Å². The van der Waals surface area contributed by atoms with E-state index in [1.54, 1.807) is 36.0 Å². The highest BCUT2D eigenvalue weighted by Gasteiger charge is 2.19. The molecule has 0 bridgehead atoms. The first-order chi connectivity index (χ1) is 17.5. The number of nitriles is 1. The van der Waals surface area contributed by atoms with Crippen molar-refractivity contribution in [1.29, 1.82) is 5.26 Å². The van der Waals surface area contributed by atoms with Crippen molar-refractivity contribution in [2.75, 3.05) is 4.72 Å². The van der Waals surface area contributed by atoms with Crippen LogP contribution in [-0.2, 0) is 21.2 Å². The van der Waals surface area contributed by atoms with E-state index in [1.807, 2.05) is 6.07 Å². The molecule has 0 atom stereocenters. The molecule has 36 heavy (non-hydrogen) atoms. The minimum Gasteiger partial charge on any atom is -0.474 e. The van der Waals surface area contributed by atoms with Crippen LogP contribution in [0.5, 0.6) is 11.5 Å². The van der Waals surface area contributed by atoms with Gasteiger partial charge in [0.25, 0.3) is 10.0 Å². The van der Waals surface area contributed by atoms with Crippen LogP contribution in [0.1, 0.15) is 11.3 Å². The molecule has 3 aromatic heterocycles. The number of ether oxygens (including phenoxy) is 2. The van der Waals surface area contributed by atoms with Gasteiger partial charge in [-0.2, -0.15) is 5.26 Å². The first-order valence-electron chi connectivity index (χ1n) is 10.3. The molecule has 0 aliphatic rings. The first kappa shape index (κ1) is 24.5. The summed E-state index contributed by atoms with van der Waals surface area (Å²) in [6.07, 6.45) is 11.0. The fourth-order valence-electron chi connectivity index (χ4n) is 3.01. The Hall–Kier alpha value is -4.60. The van der Waals surface area contributed by atoms with Crippen LogP contribution in [0.2, 0.25) is 0 Å². The largest absolute Gasteiger partial charge is 0.474 e. The van der Waals surface area contributed by atoms with Gasteiger partial charge in [0, 0.05) is 36.0 Å². The summed E-state index contributed by atoms with van der Waals surface area (Å²) in [5.74, 6) is 0.558. The van der Waals surface area contributed by atoms with Crippen LogP contribution in [0.25, 0.3) is 11.3 Å². The number of pyridine rings is 1. The van der Waals surface area contributed by atoms with Gasteiger partial charge in [0.05, 0.1) is 34.4 Å². The highest BCUT2D eigenvalue weighted by molar-refractivity contribution is 7.93. The third kappa shape index (κ3) is 5.90. The van der Waals surface area contributed by atoms with Gasteiger partial charge in [-0.25, -0.2) is 28.4 Å². The third-order valence-corrected chi connectivity index (χ3v) is 6.78. The lowest BCUT2D eigenvalue weighted by atomic mass is 10.1. The zero-order chi connectivity index (χ0) is 25.4. The van der Waals surface area contributed by atoms with Gasteiger partial charge in [-0.1, -0.05) is 6.58 Å². The molecule has 4 rings (SSSR count). The van der Waals surface area contributed by atoms with Crippen LogP contribution in [-0.4, -0.2) is 28.4 Å². The normalized spacial score (nSPS) is 11.1. The van der Waals surface area contributed by atoms with E-state index in [0.29, 0.717) is 23.6 Å². The van der Waals surface area contributed by atoms with Crippen LogP contribution in [0, 0.1) is 11.3 Å². The van der Waals surface area contributed by atoms with E-state index in [0.717, 1.165) is 16.9 Å². The van der Waals surface area contributed by atoms with Gasteiger partial charge in [-0.05, 0) is 36.4 Å². The number of nitrogens with zero attached hydrogens (tertiary/aromatic N) is 5. The molecule has 3 heterocycles. The standard InChI is InChI=1S/C24H18N6O4S2/c1-2-33-10-3-4-21-23(8-6-20(29-21)18-14-26-16-27-15-18)34-22-7-5-19(12-17(22)13-25)36(31,32)30-24-28-9-11-35-24/h2-3,5-12,14-16H,1,4H2,(H,28,30)/b10-3-. The predicted octanol–water partition coefficient (Wildman–Crippen LogP) is 4.68. The number of anilines is 1. The molecule has 12 heteroatoms. The Morgan fingerprint density at radius 2 is 1.97 bits per heavy atom.